The topological polar surface area (TPSA) is 48.8 Å². The Bertz CT molecular complexity index is 567. The van der Waals surface area contributed by atoms with Crippen molar-refractivity contribution in [1.29, 1.82) is 0 Å². The van der Waals surface area contributed by atoms with Crippen LogP contribution in [-0.2, 0) is 0 Å². The minimum atomic E-state index is 0.207. The van der Waals surface area contributed by atoms with E-state index in [1.54, 1.807) is 0 Å². The van der Waals surface area contributed by atoms with Crippen LogP contribution in [0.4, 0.5) is 0 Å². The molecular weight excluding hydrogens is 210 g/mol. The molecular formula is C14H11N3. The second-order valence-corrected chi connectivity index (χ2v) is 4.14. The summed E-state index contributed by atoms with van der Waals surface area (Å²) in [5.41, 5.74) is 13.5. The standard InChI is InChI=1S/C14H11N3/c15-17-16-9-14-12-7-3-1-5-10(12)11-6-2-4-8-13(11)14/h1-8,14H,9H2. The van der Waals surface area contributed by atoms with E-state index in [1.807, 2.05) is 24.3 Å². The van der Waals surface area contributed by atoms with E-state index in [9.17, 15) is 0 Å². The van der Waals surface area contributed by atoms with Crippen LogP contribution in [0.5, 0.6) is 0 Å². The maximum Gasteiger partial charge on any atom is 0.0368 e. The number of benzene rings is 2. The third kappa shape index (κ3) is 1.49. The van der Waals surface area contributed by atoms with Gasteiger partial charge in [-0.25, -0.2) is 0 Å². The predicted molar refractivity (Wildman–Crippen MR) is 67.7 cm³/mol. The lowest BCUT2D eigenvalue weighted by Crippen LogP contribution is -1.99. The van der Waals surface area contributed by atoms with Gasteiger partial charge in [-0.3, -0.25) is 0 Å². The van der Waals surface area contributed by atoms with Crippen LogP contribution in [0.15, 0.2) is 53.6 Å². The van der Waals surface area contributed by atoms with Crippen LogP contribution in [0.25, 0.3) is 21.6 Å². The molecule has 0 amide bonds. The molecule has 0 aromatic heterocycles. The first-order chi connectivity index (χ1) is 8.42. The Kier molecular flexibility index (Phi) is 2.32. The lowest BCUT2D eigenvalue weighted by atomic mass is 9.97. The lowest BCUT2D eigenvalue weighted by molar-refractivity contribution is 0.834. The van der Waals surface area contributed by atoms with Gasteiger partial charge in [0.25, 0.3) is 0 Å². The minimum Gasteiger partial charge on any atom is -0.0930 e. The number of fused-ring (bicyclic) bond motifs is 3. The summed E-state index contributed by atoms with van der Waals surface area (Å²) in [5, 5.41) is 3.73. The van der Waals surface area contributed by atoms with Gasteiger partial charge in [0, 0.05) is 17.4 Å². The second kappa shape index (κ2) is 3.96. The van der Waals surface area contributed by atoms with Gasteiger partial charge in [0.15, 0.2) is 0 Å². The molecule has 0 bridgehead atoms. The molecule has 82 valence electrons. The van der Waals surface area contributed by atoms with E-state index in [4.69, 9.17) is 5.53 Å². The van der Waals surface area contributed by atoms with E-state index in [2.05, 4.69) is 34.3 Å². The van der Waals surface area contributed by atoms with E-state index in [0.29, 0.717) is 6.54 Å². The maximum absolute atomic E-state index is 8.48. The van der Waals surface area contributed by atoms with Crippen LogP contribution in [0.3, 0.4) is 0 Å². The van der Waals surface area contributed by atoms with E-state index in [0.717, 1.165) is 0 Å². The van der Waals surface area contributed by atoms with E-state index in [-0.39, 0.29) is 5.92 Å². The van der Waals surface area contributed by atoms with Gasteiger partial charge in [-0.15, -0.1) is 0 Å². The molecule has 0 spiro atoms. The molecule has 17 heavy (non-hydrogen) atoms. The molecule has 0 fully saturated rings. The van der Waals surface area contributed by atoms with Gasteiger partial charge >= 0.3 is 0 Å². The monoisotopic (exact) mass is 221 g/mol. The van der Waals surface area contributed by atoms with Crippen molar-refractivity contribution < 1.29 is 0 Å². The molecule has 1 aliphatic carbocycles. The first-order valence-corrected chi connectivity index (χ1v) is 5.61. The Hall–Kier alpha value is -2.25. The summed E-state index contributed by atoms with van der Waals surface area (Å²) in [6, 6.07) is 16.7. The fourth-order valence-corrected chi connectivity index (χ4v) is 2.57. The molecule has 0 saturated heterocycles. The predicted octanol–water partition coefficient (Wildman–Crippen LogP) is 4.11. The van der Waals surface area contributed by atoms with Crippen LogP contribution in [-0.4, -0.2) is 6.54 Å². The summed E-state index contributed by atoms with van der Waals surface area (Å²) < 4.78 is 0. The van der Waals surface area contributed by atoms with Crippen molar-refractivity contribution in [3.63, 3.8) is 0 Å². The third-order valence-electron chi connectivity index (χ3n) is 3.29. The molecule has 2 aromatic carbocycles. The highest BCUT2D eigenvalue weighted by Crippen LogP contribution is 2.44. The number of hydrogen-bond donors (Lipinski definition) is 0. The molecule has 3 rings (SSSR count). The largest absolute Gasteiger partial charge is 0.0930 e. The normalized spacial score (nSPS) is 12.7. The average molecular weight is 221 g/mol. The quantitative estimate of drug-likeness (QED) is 0.416. The zero-order valence-corrected chi connectivity index (χ0v) is 9.24. The van der Waals surface area contributed by atoms with Crippen molar-refractivity contribution in [2.75, 3.05) is 6.54 Å². The van der Waals surface area contributed by atoms with Gasteiger partial charge in [0.1, 0.15) is 0 Å². The Morgan fingerprint density at radius 2 is 1.47 bits per heavy atom. The molecule has 3 heteroatoms. The van der Waals surface area contributed by atoms with Gasteiger partial charge < -0.3 is 0 Å². The molecule has 2 aromatic rings. The zero-order valence-electron chi connectivity index (χ0n) is 9.24. The van der Waals surface area contributed by atoms with Gasteiger partial charge in [-0.1, -0.05) is 53.6 Å². The highest BCUT2D eigenvalue weighted by Gasteiger charge is 2.26. The molecule has 0 saturated carbocycles. The Labute approximate surface area is 99.3 Å². The Morgan fingerprint density at radius 3 is 2.00 bits per heavy atom. The SMILES string of the molecule is [N-]=[N+]=NCC1c2ccccc2-c2ccccc21. The van der Waals surface area contributed by atoms with Gasteiger partial charge in [0.2, 0.25) is 0 Å². The molecule has 3 nitrogen and oxygen atoms in total. The smallest absolute Gasteiger partial charge is 0.0368 e. The Morgan fingerprint density at radius 1 is 0.941 bits per heavy atom. The van der Waals surface area contributed by atoms with E-state index < -0.39 is 0 Å². The molecule has 0 radical (unpaired) electrons. The van der Waals surface area contributed by atoms with Crippen molar-refractivity contribution in [2.45, 2.75) is 5.92 Å². The van der Waals surface area contributed by atoms with Crippen LogP contribution >= 0.6 is 0 Å². The van der Waals surface area contributed by atoms with Gasteiger partial charge in [0.05, 0.1) is 0 Å². The van der Waals surface area contributed by atoms with Gasteiger partial charge in [-0.2, -0.15) is 0 Å². The number of azide groups is 1. The van der Waals surface area contributed by atoms with Crippen molar-refractivity contribution in [3.05, 3.63) is 70.1 Å². The van der Waals surface area contributed by atoms with Crippen molar-refractivity contribution in [2.24, 2.45) is 5.11 Å². The second-order valence-electron chi connectivity index (χ2n) is 4.14. The molecule has 1 aliphatic rings. The number of nitrogens with zero attached hydrogens (tertiary/aromatic N) is 3. The number of rotatable bonds is 2. The number of hydrogen-bond acceptors (Lipinski definition) is 1. The van der Waals surface area contributed by atoms with Crippen LogP contribution in [0.2, 0.25) is 0 Å². The molecule has 0 unspecified atom stereocenters. The van der Waals surface area contributed by atoms with Gasteiger partial charge in [-0.05, 0) is 27.8 Å². The summed E-state index contributed by atoms with van der Waals surface area (Å²) in [5.74, 6) is 0.207. The van der Waals surface area contributed by atoms with Crippen molar-refractivity contribution in [3.8, 4) is 11.1 Å². The van der Waals surface area contributed by atoms with Crippen molar-refractivity contribution >= 4 is 0 Å². The average Bonchev–Trinajstić information content (AvgIpc) is 2.71. The lowest BCUT2D eigenvalue weighted by Gasteiger charge is -2.09. The fourth-order valence-electron chi connectivity index (χ4n) is 2.57. The Balaban J connectivity index is 2.19. The van der Waals surface area contributed by atoms with Crippen LogP contribution < -0.4 is 0 Å². The first kappa shape index (κ1) is 9.94. The zero-order chi connectivity index (χ0) is 11.7. The fraction of sp³-hybridized carbons (Fsp3) is 0.143. The van der Waals surface area contributed by atoms with E-state index in [1.165, 1.54) is 22.3 Å². The first-order valence-electron chi connectivity index (χ1n) is 5.61. The summed E-state index contributed by atoms with van der Waals surface area (Å²) >= 11 is 0. The van der Waals surface area contributed by atoms with Crippen molar-refractivity contribution in [1.82, 2.24) is 0 Å². The molecule has 0 atom stereocenters. The maximum atomic E-state index is 8.48. The van der Waals surface area contributed by atoms with Crippen LogP contribution in [0.1, 0.15) is 17.0 Å². The van der Waals surface area contributed by atoms with E-state index >= 15 is 0 Å². The summed E-state index contributed by atoms with van der Waals surface area (Å²) in [6.45, 7) is 0.491. The molecule has 0 N–H and O–H groups in total. The minimum absolute atomic E-state index is 0.207. The summed E-state index contributed by atoms with van der Waals surface area (Å²) in [6.07, 6.45) is 0. The highest BCUT2D eigenvalue weighted by molar-refractivity contribution is 5.78. The third-order valence-corrected chi connectivity index (χ3v) is 3.29. The van der Waals surface area contributed by atoms with Crippen LogP contribution in [0, 0.1) is 0 Å². The summed E-state index contributed by atoms with van der Waals surface area (Å²) in [4.78, 5) is 2.87. The molecule has 0 heterocycles. The highest BCUT2D eigenvalue weighted by atomic mass is 15.1. The summed E-state index contributed by atoms with van der Waals surface area (Å²) in [7, 11) is 0. The molecule has 0 aliphatic heterocycles.